The van der Waals surface area contributed by atoms with Gasteiger partial charge in [0.15, 0.2) is 6.29 Å². The quantitative estimate of drug-likeness (QED) is 0.681. The molecule has 2 aromatic heterocycles. The number of aldehydes is 1. The summed E-state index contributed by atoms with van der Waals surface area (Å²) in [6.07, 6.45) is 5.34. The third-order valence-electron chi connectivity index (χ3n) is 2.03. The van der Waals surface area contributed by atoms with Crippen molar-refractivity contribution in [1.29, 1.82) is 0 Å². The number of nitrogens with zero attached hydrogens (tertiary/aromatic N) is 2. The molecule has 0 aliphatic carbocycles. The van der Waals surface area contributed by atoms with Crippen LogP contribution in [0.15, 0.2) is 47.7 Å². The van der Waals surface area contributed by atoms with Crippen molar-refractivity contribution in [1.82, 2.24) is 9.55 Å². The van der Waals surface area contributed by atoms with Crippen LogP contribution in [0.4, 0.5) is 0 Å². The van der Waals surface area contributed by atoms with Crippen molar-refractivity contribution >= 4 is 6.29 Å². The Kier molecular flexibility index (Phi) is 2.41. The van der Waals surface area contributed by atoms with Gasteiger partial charge in [0.2, 0.25) is 0 Å². The Morgan fingerprint density at radius 2 is 2.13 bits per heavy atom. The molecule has 0 atom stereocenters. The van der Waals surface area contributed by atoms with Crippen LogP contribution >= 0.6 is 0 Å². The molecule has 0 unspecified atom stereocenters. The molecular formula is C11H8N2O2. The number of hydrogen-bond donors (Lipinski definition) is 0. The Hall–Kier alpha value is -2.23. The molecule has 0 bridgehead atoms. The fourth-order valence-corrected chi connectivity index (χ4v) is 1.30. The summed E-state index contributed by atoms with van der Waals surface area (Å²) in [7, 11) is 0. The zero-order valence-corrected chi connectivity index (χ0v) is 7.83. The molecule has 0 aliphatic heterocycles. The number of rotatable bonds is 2. The second-order valence-electron chi connectivity index (χ2n) is 2.97. The molecule has 0 amide bonds. The normalized spacial score (nSPS) is 9.87. The Morgan fingerprint density at radius 1 is 1.27 bits per heavy atom. The van der Waals surface area contributed by atoms with Gasteiger partial charge in [0.1, 0.15) is 0 Å². The van der Waals surface area contributed by atoms with E-state index in [0.29, 0.717) is 12.0 Å². The Balaban J connectivity index is 2.65. The van der Waals surface area contributed by atoms with E-state index >= 15 is 0 Å². The minimum atomic E-state index is -0.333. The maximum absolute atomic E-state index is 11.7. The Morgan fingerprint density at radius 3 is 2.80 bits per heavy atom. The topological polar surface area (TPSA) is 52.0 Å². The molecule has 74 valence electrons. The second kappa shape index (κ2) is 3.88. The van der Waals surface area contributed by atoms with E-state index in [0.717, 1.165) is 0 Å². The minimum absolute atomic E-state index is 0.140. The van der Waals surface area contributed by atoms with Crippen LogP contribution in [0.2, 0.25) is 0 Å². The van der Waals surface area contributed by atoms with Crippen molar-refractivity contribution in [3.05, 3.63) is 58.8 Å². The van der Waals surface area contributed by atoms with Crippen LogP contribution in [0.5, 0.6) is 0 Å². The lowest BCUT2D eigenvalue weighted by molar-refractivity contribution is 0.112. The number of hydrogen-bond acceptors (Lipinski definition) is 3. The number of carbonyl (C=O) groups excluding carboxylic acids is 1. The maximum atomic E-state index is 11.7. The molecule has 0 fully saturated rings. The maximum Gasteiger partial charge on any atom is 0.265 e. The van der Waals surface area contributed by atoms with Gasteiger partial charge >= 0.3 is 0 Å². The first-order valence-corrected chi connectivity index (χ1v) is 4.40. The van der Waals surface area contributed by atoms with Crippen molar-refractivity contribution in [2.75, 3.05) is 0 Å². The molecule has 0 radical (unpaired) electrons. The predicted octanol–water partition coefficient (Wildman–Crippen LogP) is 1.04. The fraction of sp³-hybridized carbons (Fsp3) is 0. The van der Waals surface area contributed by atoms with Gasteiger partial charge in [-0.15, -0.1) is 0 Å². The van der Waals surface area contributed by atoms with Gasteiger partial charge < -0.3 is 0 Å². The third-order valence-corrected chi connectivity index (χ3v) is 2.03. The lowest BCUT2D eigenvalue weighted by atomic mass is 10.3. The van der Waals surface area contributed by atoms with E-state index in [1.165, 1.54) is 10.6 Å². The molecule has 0 aliphatic rings. The van der Waals surface area contributed by atoms with Crippen LogP contribution < -0.4 is 5.56 Å². The summed E-state index contributed by atoms with van der Waals surface area (Å²) in [5, 5.41) is 0. The van der Waals surface area contributed by atoms with E-state index in [-0.39, 0.29) is 11.1 Å². The van der Waals surface area contributed by atoms with E-state index in [1.807, 2.05) is 0 Å². The molecule has 4 heteroatoms. The van der Waals surface area contributed by atoms with Crippen molar-refractivity contribution in [3.8, 4) is 5.69 Å². The molecule has 0 N–H and O–H groups in total. The highest BCUT2D eigenvalue weighted by molar-refractivity contribution is 5.74. The molecule has 2 rings (SSSR count). The SMILES string of the molecule is O=Cc1cccn(-c2cccnc2)c1=O. The summed E-state index contributed by atoms with van der Waals surface area (Å²) in [6, 6.07) is 6.62. The third kappa shape index (κ3) is 1.69. The van der Waals surface area contributed by atoms with E-state index in [1.54, 1.807) is 36.8 Å². The van der Waals surface area contributed by atoms with Crippen molar-refractivity contribution in [3.63, 3.8) is 0 Å². The second-order valence-corrected chi connectivity index (χ2v) is 2.97. The molecule has 0 spiro atoms. The lowest BCUT2D eigenvalue weighted by Gasteiger charge is -2.04. The first-order chi connectivity index (χ1) is 7.33. The van der Waals surface area contributed by atoms with E-state index in [9.17, 15) is 9.59 Å². The summed E-state index contributed by atoms with van der Waals surface area (Å²) in [6.45, 7) is 0. The zero-order valence-electron chi connectivity index (χ0n) is 7.83. The average Bonchev–Trinajstić information content (AvgIpc) is 2.30. The number of carbonyl (C=O) groups is 1. The van der Waals surface area contributed by atoms with Gasteiger partial charge in [-0.05, 0) is 24.3 Å². The number of pyridine rings is 2. The molecule has 0 saturated heterocycles. The van der Waals surface area contributed by atoms with E-state index < -0.39 is 0 Å². The van der Waals surface area contributed by atoms with E-state index in [4.69, 9.17) is 0 Å². The van der Waals surface area contributed by atoms with Gasteiger partial charge in [-0.1, -0.05) is 0 Å². The lowest BCUT2D eigenvalue weighted by Crippen LogP contribution is -2.20. The van der Waals surface area contributed by atoms with Crippen LogP contribution in [-0.4, -0.2) is 15.8 Å². The van der Waals surface area contributed by atoms with Crippen molar-refractivity contribution < 1.29 is 4.79 Å². The first-order valence-electron chi connectivity index (χ1n) is 4.40. The minimum Gasteiger partial charge on any atom is -0.298 e. The van der Waals surface area contributed by atoms with Crippen LogP contribution in [0.1, 0.15) is 10.4 Å². The standard InChI is InChI=1S/C11H8N2O2/c14-8-9-3-2-6-13(11(9)15)10-4-1-5-12-7-10/h1-8H. The average molecular weight is 200 g/mol. The predicted molar refractivity (Wildman–Crippen MR) is 55.2 cm³/mol. The molecule has 2 aromatic rings. The summed E-state index contributed by atoms with van der Waals surface area (Å²) in [5.41, 5.74) is 0.452. The summed E-state index contributed by atoms with van der Waals surface area (Å²) in [5.74, 6) is 0. The van der Waals surface area contributed by atoms with Gasteiger partial charge in [-0.25, -0.2) is 0 Å². The summed E-state index contributed by atoms with van der Waals surface area (Å²) in [4.78, 5) is 26.2. The zero-order chi connectivity index (χ0) is 10.7. The van der Waals surface area contributed by atoms with Crippen LogP contribution in [0.3, 0.4) is 0 Å². The summed E-state index contributed by atoms with van der Waals surface area (Å²) < 4.78 is 1.39. The molecule has 0 aromatic carbocycles. The monoisotopic (exact) mass is 200 g/mol. The summed E-state index contributed by atoms with van der Waals surface area (Å²) >= 11 is 0. The van der Waals surface area contributed by atoms with Gasteiger partial charge in [-0.3, -0.25) is 19.1 Å². The number of aromatic nitrogens is 2. The molecule has 15 heavy (non-hydrogen) atoms. The smallest absolute Gasteiger partial charge is 0.265 e. The van der Waals surface area contributed by atoms with Gasteiger partial charge in [-0.2, -0.15) is 0 Å². The molecule has 4 nitrogen and oxygen atoms in total. The van der Waals surface area contributed by atoms with Crippen molar-refractivity contribution in [2.45, 2.75) is 0 Å². The molecule has 0 saturated carbocycles. The highest BCUT2D eigenvalue weighted by Gasteiger charge is 2.02. The van der Waals surface area contributed by atoms with Crippen molar-refractivity contribution in [2.24, 2.45) is 0 Å². The van der Waals surface area contributed by atoms with Crippen LogP contribution in [0.25, 0.3) is 5.69 Å². The first kappa shape index (κ1) is 9.33. The Labute approximate surface area is 85.8 Å². The highest BCUT2D eigenvalue weighted by atomic mass is 16.1. The molecular weight excluding hydrogens is 192 g/mol. The highest BCUT2D eigenvalue weighted by Crippen LogP contribution is 2.01. The molecule has 2 heterocycles. The van der Waals surface area contributed by atoms with Gasteiger partial charge in [0, 0.05) is 12.4 Å². The van der Waals surface area contributed by atoms with Gasteiger partial charge in [0.05, 0.1) is 17.4 Å². The van der Waals surface area contributed by atoms with E-state index in [2.05, 4.69) is 4.98 Å². The van der Waals surface area contributed by atoms with Gasteiger partial charge in [0.25, 0.3) is 5.56 Å². The Bertz CT molecular complexity index is 532. The van der Waals surface area contributed by atoms with Crippen LogP contribution in [0, 0.1) is 0 Å². The largest absolute Gasteiger partial charge is 0.298 e. The fourth-order valence-electron chi connectivity index (χ4n) is 1.30. The van der Waals surface area contributed by atoms with Crippen LogP contribution in [-0.2, 0) is 0 Å².